The molecular formula is C21H19FN2O5. The zero-order valence-corrected chi connectivity index (χ0v) is 16.1. The maximum absolute atomic E-state index is 13.0. The number of rotatable bonds is 7. The lowest BCUT2D eigenvalue weighted by molar-refractivity contribution is -0.143. The molecular weight excluding hydrogens is 379 g/mol. The number of methoxy groups -OCH3 is 2. The molecule has 7 nitrogen and oxygen atoms in total. The van der Waals surface area contributed by atoms with Crippen LogP contribution in [0.1, 0.15) is 24.5 Å². The Morgan fingerprint density at radius 2 is 1.79 bits per heavy atom. The van der Waals surface area contributed by atoms with E-state index >= 15 is 0 Å². The van der Waals surface area contributed by atoms with Gasteiger partial charge < -0.3 is 18.6 Å². The van der Waals surface area contributed by atoms with Crippen LogP contribution in [-0.2, 0) is 9.53 Å². The third kappa shape index (κ3) is 4.98. The second-order valence-electron chi connectivity index (χ2n) is 5.98. The monoisotopic (exact) mass is 398 g/mol. The molecule has 150 valence electrons. The molecule has 0 saturated carbocycles. The molecule has 0 N–H and O–H groups in total. The molecule has 0 fully saturated rings. The van der Waals surface area contributed by atoms with E-state index in [9.17, 15) is 9.18 Å². The zero-order valence-electron chi connectivity index (χ0n) is 16.1. The Labute approximate surface area is 166 Å². The summed E-state index contributed by atoms with van der Waals surface area (Å²) < 4.78 is 34.2. The Kier molecular flexibility index (Phi) is 6.23. The van der Waals surface area contributed by atoms with Crippen molar-refractivity contribution in [2.45, 2.75) is 13.0 Å². The van der Waals surface area contributed by atoms with Crippen LogP contribution in [0.15, 0.2) is 53.0 Å². The van der Waals surface area contributed by atoms with Gasteiger partial charge in [-0.2, -0.15) is 0 Å². The minimum atomic E-state index is -0.751. The molecule has 0 aliphatic rings. The number of hydrogen-bond donors (Lipinski definition) is 0. The lowest BCUT2D eigenvalue weighted by atomic mass is 10.2. The highest BCUT2D eigenvalue weighted by molar-refractivity contribution is 5.87. The molecule has 3 aromatic rings. The highest BCUT2D eigenvalue weighted by atomic mass is 19.1. The number of carbonyl (C=O) groups excluding carboxylic acids is 1. The van der Waals surface area contributed by atoms with Gasteiger partial charge in [-0.15, -0.1) is 10.2 Å². The summed E-state index contributed by atoms with van der Waals surface area (Å²) in [5.74, 6) is 0.552. The largest absolute Gasteiger partial charge is 0.493 e. The standard InChI is InChI=1S/C21H19FN2O5/c1-13(20-23-24-21(29-20)15-6-8-16(22)9-7-15)28-19(25)11-5-14-4-10-17(26-2)18(12-14)27-3/h4-13H,1-3H3/b11-5+/t13-/m1/s1. The smallest absolute Gasteiger partial charge is 0.331 e. The summed E-state index contributed by atoms with van der Waals surface area (Å²) in [5, 5.41) is 7.79. The van der Waals surface area contributed by atoms with Crippen molar-refractivity contribution in [2.24, 2.45) is 0 Å². The lowest BCUT2D eigenvalue weighted by Crippen LogP contribution is -2.06. The summed E-state index contributed by atoms with van der Waals surface area (Å²) in [6.07, 6.45) is 2.13. The van der Waals surface area contributed by atoms with Crippen molar-refractivity contribution >= 4 is 12.0 Å². The molecule has 0 spiro atoms. The number of esters is 1. The molecule has 0 bridgehead atoms. The Hall–Kier alpha value is -3.68. The van der Waals surface area contributed by atoms with Crippen LogP contribution in [0.2, 0.25) is 0 Å². The van der Waals surface area contributed by atoms with Gasteiger partial charge in [-0.25, -0.2) is 9.18 Å². The van der Waals surface area contributed by atoms with E-state index < -0.39 is 12.1 Å². The van der Waals surface area contributed by atoms with E-state index in [0.29, 0.717) is 17.1 Å². The normalized spacial score (nSPS) is 12.0. The topological polar surface area (TPSA) is 83.7 Å². The number of halogens is 1. The number of ether oxygens (including phenoxy) is 3. The van der Waals surface area contributed by atoms with Crippen LogP contribution in [0.5, 0.6) is 11.5 Å². The Morgan fingerprint density at radius 1 is 1.07 bits per heavy atom. The van der Waals surface area contributed by atoms with Crippen LogP contribution in [0.4, 0.5) is 4.39 Å². The van der Waals surface area contributed by atoms with Gasteiger partial charge in [0.25, 0.3) is 5.89 Å². The minimum absolute atomic E-state index is 0.136. The van der Waals surface area contributed by atoms with E-state index in [1.165, 1.54) is 37.5 Å². The van der Waals surface area contributed by atoms with Gasteiger partial charge in [-0.05, 0) is 55.0 Å². The van der Waals surface area contributed by atoms with E-state index in [0.717, 1.165) is 5.56 Å². The lowest BCUT2D eigenvalue weighted by Gasteiger charge is -2.08. The highest BCUT2D eigenvalue weighted by Crippen LogP contribution is 2.28. The minimum Gasteiger partial charge on any atom is -0.493 e. The second-order valence-corrected chi connectivity index (χ2v) is 5.98. The van der Waals surface area contributed by atoms with E-state index in [-0.39, 0.29) is 17.6 Å². The molecule has 0 aliphatic heterocycles. The summed E-state index contributed by atoms with van der Waals surface area (Å²) in [5.41, 5.74) is 1.31. The highest BCUT2D eigenvalue weighted by Gasteiger charge is 2.18. The van der Waals surface area contributed by atoms with Gasteiger partial charge in [0.15, 0.2) is 17.6 Å². The first-order chi connectivity index (χ1) is 14.0. The van der Waals surface area contributed by atoms with Crippen molar-refractivity contribution in [3.63, 3.8) is 0 Å². The molecule has 2 aromatic carbocycles. The van der Waals surface area contributed by atoms with Crippen molar-refractivity contribution in [3.8, 4) is 23.0 Å². The van der Waals surface area contributed by atoms with Gasteiger partial charge in [0, 0.05) is 11.6 Å². The Morgan fingerprint density at radius 3 is 2.48 bits per heavy atom. The van der Waals surface area contributed by atoms with E-state index in [2.05, 4.69) is 10.2 Å². The molecule has 0 unspecified atom stereocenters. The van der Waals surface area contributed by atoms with E-state index in [4.69, 9.17) is 18.6 Å². The zero-order chi connectivity index (χ0) is 20.8. The van der Waals surface area contributed by atoms with Crippen molar-refractivity contribution in [1.29, 1.82) is 0 Å². The van der Waals surface area contributed by atoms with Gasteiger partial charge in [0.1, 0.15) is 5.82 Å². The van der Waals surface area contributed by atoms with Crippen LogP contribution in [0.25, 0.3) is 17.5 Å². The van der Waals surface area contributed by atoms with Crippen molar-refractivity contribution < 1.29 is 27.8 Å². The molecule has 29 heavy (non-hydrogen) atoms. The first-order valence-corrected chi connectivity index (χ1v) is 8.70. The molecule has 3 rings (SSSR count). The molecule has 0 aliphatic carbocycles. The van der Waals surface area contributed by atoms with Gasteiger partial charge in [-0.3, -0.25) is 0 Å². The van der Waals surface area contributed by atoms with Crippen LogP contribution < -0.4 is 9.47 Å². The Balaban J connectivity index is 1.63. The maximum Gasteiger partial charge on any atom is 0.331 e. The maximum atomic E-state index is 13.0. The third-order valence-corrected chi connectivity index (χ3v) is 3.99. The predicted octanol–water partition coefficient (Wildman–Crippen LogP) is 4.21. The van der Waals surface area contributed by atoms with Gasteiger partial charge >= 0.3 is 5.97 Å². The molecule has 1 atom stereocenters. The van der Waals surface area contributed by atoms with Gasteiger partial charge in [0.05, 0.1) is 14.2 Å². The first kappa shape index (κ1) is 20.1. The fourth-order valence-electron chi connectivity index (χ4n) is 2.49. The summed E-state index contributed by atoms with van der Waals surface area (Å²) in [4.78, 5) is 12.1. The van der Waals surface area contributed by atoms with Crippen molar-refractivity contribution in [1.82, 2.24) is 10.2 Å². The van der Waals surface area contributed by atoms with Gasteiger partial charge in [-0.1, -0.05) is 6.07 Å². The fourth-order valence-corrected chi connectivity index (χ4v) is 2.49. The number of aromatic nitrogens is 2. The number of hydrogen-bond acceptors (Lipinski definition) is 7. The average molecular weight is 398 g/mol. The van der Waals surface area contributed by atoms with E-state index in [1.54, 1.807) is 38.3 Å². The summed E-state index contributed by atoms with van der Waals surface area (Å²) in [7, 11) is 3.08. The quantitative estimate of drug-likeness (QED) is 0.435. The van der Waals surface area contributed by atoms with Crippen LogP contribution in [0, 0.1) is 5.82 Å². The SMILES string of the molecule is COc1ccc(/C=C/C(=O)O[C@H](C)c2nnc(-c3ccc(F)cc3)o2)cc1OC. The molecule has 1 aromatic heterocycles. The number of benzene rings is 2. The van der Waals surface area contributed by atoms with Crippen LogP contribution in [0.3, 0.4) is 0 Å². The van der Waals surface area contributed by atoms with Crippen molar-refractivity contribution in [3.05, 3.63) is 65.8 Å². The van der Waals surface area contributed by atoms with Crippen LogP contribution >= 0.6 is 0 Å². The molecule has 0 radical (unpaired) electrons. The van der Waals surface area contributed by atoms with E-state index in [1.807, 2.05) is 0 Å². The number of carbonyl (C=O) groups is 1. The predicted molar refractivity (Wildman–Crippen MR) is 103 cm³/mol. The van der Waals surface area contributed by atoms with Crippen molar-refractivity contribution in [2.75, 3.05) is 14.2 Å². The molecule has 8 heteroatoms. The summed E-state index contributed by atoms with van der Waals surface area (Å²) in [6.45, 7) is 1.62. The Bertz CT molecular complexity index is 1010. The van der Waals surface area contributed by atoms with Gasteiger partial charge in [0.2, 0.25) is 5.89 Å². The molecule has 0 saturated heterocycles. The third-order valence-electron chi connectivity index (χ3n) is 3.99. The van der Waals surface area contributed by atoms with Crippen LogP contribution in [-0.4, -0.2) is 30.4 Å². The first-order valence-electron chi connectivity index (χ1n) is 8.70. The number of nitrogens with zero attached hydrogens (tertiary/aromatic N) is 2. The summed E-state index contributed by atoms with van der Waals surface area (Å²) >= 11 is 0. The second kappa shape index (κ2) is 9.01. The summed E-state index contributed by atoms with van der Waals surface area (Å²) in [6, 6.07) is 10.9. The molecule has 0 amide bonds. The average Bonchev–Trinajstić information content (AvgIpc) is 3.23. The fraction of sp³-hybridized carbons (Fsp3) is 0.190. The molecule has 1 heterocycles.